The summed E-state index contributed by atoms with van der Waals surface area (Å²) in [6, 6.07) is 4.29. The van der Waals surface area contributed by atoms with Crippen LogP contribution in [-0.4, -0.2) is 22.2 Å². The number of hydrogen-bond acceptors (Lipinski definition) is 3. The Labute approximate surface area is 96.9 Å². The summed E-state index contributed by atoms with van der Waals surface area (Å²) in [6.45, 7) is 2.81. The van der Waals surface area contributed by atoms with Gasteiger partial charge in [0.1, 0.15) is 0 Å². The topological polar surface area (TPSA) is 45.1 Å². The summed E-state index contributed by atoms with van der Waals surface area (Å²) >= 11 is 0. The molecule has 16 heavy (non-hydrogen) atoms. The molecule has 88 valence electrons. The van der Waals surface area contributed by atoms with E-state index in [1.54, 1.807) is 12.4 Å². The lowest BCUT2D eigenvalue weighted by Gasteiger charge is -2.25. The molecule has 1 aromatic rings. The maximum atomic E-state index is 10.2. The van der Waals surface area contributed by atoms with Crippen molar-refractivity contribution in [3.63, 3.8) is 0 Å². The molecular formula is C13H20N2O. The summed E-state index contributed by atoms with van der Waals surface area (Å²) in [5.74, 6) is 0. The average molecular weight is 220 g/mol. The lowest BCUT2D eigenvalue weighted by atomic mass is 10.0. The molecule has 0 aromatic carbocycles. The van der Waals surface area contributed by atoms with E-state index in [1.807, 2.05) is 12.1 Å². The molecule has 1 heterocycles. The van der Waals surface area contributed by atoms with Crippen molar-refractivity contribution in [1.82, 2.24) is 10.3 Å². The van der Waals surface area contributed by atoms with Crippen molar-refractivity contribution >= 4 is 0 Å². The van der Waals surface area contributed by atoms with Crippen LogP contribution in [0, 0.1) is 0 Å². The molecule has 0 bridgehead atoms. The van der Waals surface area contributed by atoms with E-state index in [0.29, 0.717) is 6.54 Å². The molecule has 1 aromatic heterocycles. The minimum Gasteiger partial charge on any atom is -0.389 e. The predicted octanol–water partition coefficient (Wildman–Crippen LogP) is 2.04. The average Bonchev–Trinajstić information content (AvgIpc) is 2.75. The van der Waals surface area contributed by atoms with Gasteiger partial charge in [-0.2, -0.15) is 0 Å². The van der Waals surface area contributed by atoms with Crippen LogP contribution in [0.25, 0.3) is 0 Å². The highest BCUT2D eigenvalue weighted by atomic mass is 16.3. The van der Waals surface area contributed by atoms with Gasteiger partial charge in [0.05, 0.1) is 5.60 Å². The highest BCUT2D eigenvalue weighted by Gasteiger charge is 2.30. The van der Waals surface area contributed by atoms with E-state index in [0.717, 1.165) is 25.7 Å². The van der Waals surface area contributed by atoms with Gasteiger partial charge in [0, 0.05) is 25.0 Å². The van der Waals surface area contributed by atoms with Crippen molar-refractivity contribution in [2.24, 2.45) is 0 Å². The van der Waals surface area contributed by atoms with E-state index in [9.17, 15) is 5.11 Å². The van der Waals surface area contributed by atoms with Crippen molar-refractivity contribution < 1.29 is 5.11 Å². The van der Waals surface area contributed by atoms with Crippen molar-refractivity contribution in [2.45, 2.75) is 44.2 Å². The molecule has 0 amide bonds. The second-order valence-electron chi connectivity index (χ2n) is 4.81. The summed E-state index contributed by atoms with van der Waals surface area (Å²) in [4.78, 5) is 4.00. The summed E-state index contributed by atoms with van der Waals surface area (Å²) in [5.41, 5.74) is 0.748. The number of aliphatic hydroxyl groups is 1. The van der Waals surface area contributed by atoms with Crippen molar-refractivity contribution in [2.75, 3.05) is 6.54 Å². The van der Waals surface area contributed by atoms with Gasteiger partial charge in [0.15, 0.2) is 0 Å². The predicted molar refractivity (Wildman–Crippen MR) is 64.1 cm³/mol. The molecule has 3 nitrogen and oxygen atoms in total. The maximum Gasteiger partial charge on any atom is 0.0771 e. The zero-order valence-corrected chi connectivity index (χ0v) is 9.82. The smallest absolute Gasteiger partial charge is 0.0771 e. The molecule has 0 spiro atoms. The third-order valence-electron chi connectivity index (χ3n) is 3.48. The Balaban J connectivity index is 1.86. The molecular weight excluding hydrogens is 200 g/mol. The molecule has 0 saturated heterocycles. The van der Waals surface area contributed by atoms with Gasteiger partial charge >= 0.3 is 0 Å². The minimum atomic E-state index is -0.471. The fourth-order valence-corrected chi connectivity index (χ4v) is 2.32. The van der Waals surface area contributed by atoms with Crippen LogP contribution in [0.2, 0.25) is 0 Å². The second kappa shape index (κ2) is 4.93. The summed E-state index contributed by atoms with van der Waals surface area (Å²) in [6.07, 6.45) is 7.78. The first-order valence-electron chi connectivity index (χ1n) is 6.05. The standard InChI is InChI=1S/C13H20N2O/c1-11(12-4-8-14-9-5-12)15-10-13(16)6-2-3-7-13/h4-5,8-9,11,15-16H,2-3,6-7,10H2,1H3. The first-order valence-corrected chi connectivity index (χ1v) is 6.05. The SMILES string of the molecule is CC(NCC1(O)CCCC1)c1ccncc1. The molecule has 1 saturated carbocycles. The van der Waals surface area contributed by atoms with Gasteiger partial charge in [-0.3, -0.25) is 4.98 Å². The highest BCUT2D eigenvalue weighted by molar-refractivity contribution is 5.14. The zero-order chi connectivity index (χ0) is 11.4. The Morgan fingerprint density at radius 3 is 2.62 bits per heavy atom. The Hall–Kier alpha value is -0.930. The number of nitrogens with one attached hydrogen (secondary N) is 1. The van der Waals surface area contributed by atoms with Gasteiger partial charge in [-0.05, 0) is 37.5 Å². The summed E-state index contributed by atoms with van der Waals surface area (Å²) in [5, 5.41) is 13.6. The molecule has 2 rings (SSSR count). The van der Waals surface area contributed by atoms with E-state index in [-0.39, 0.29) is 6.04 Å². The van der Waals surface area contributed by atoms with Gasteiger partial charge in [-0.1, -0.05) is 12.8 Å². The molecule has 1 unspecified atom stereocenters. The van der Waals surface area contributed by atoms with Crippen LogP contribution in [0.4, 0.5) is 0 Å². The Morgan fingerprint density at radius 1 is 1.38 bits per heavy atom. The zero-order valence-electron chi connectivity index (χ0n) is 9.82. The largest absolute Gasteiger partial charge is 0.389 e. The minimum absolute atomic E-state index is 0.271. The van der Waals surface area contributed by atoms with Crippen LogP contribution in [0.15, 0.2) is 24.5 Å². The molecule has 1 aliphatic carbocycles. The van der Waals surface area contributed by atoms with E-state index < -0.39 is 5.60 Å². The number of pyridine rings is 1. The van der Waals surface area contributed by atoms with Gasteiger partial charge in [-0.15, -0.1) is 0 Å². The molecule has 1 atom stereocenters. The van der Waals surface area contributed by atoms with Crippen LogP contribution in [0.5, 0.6) is 0 Å². The van der Waals surface area contributed by atoms with E-state index in [4.69, 9.17) is 0 Å². The Bertz CT molecular complexity index is 320. The normalized spacial score (nSPS) is 20.9. The molecule has 1 aliphatic rings. The fourth-order valence-electron chi connectivity index (χ4n) is 2.32. The van der Waals surface area contributed by atoms with Gasteiger partial charge in [-0.25, -0.2) is 0 Å². The first kappa shape index (κ1) is 11.6. The van der Waals surface area contributed by atoms with Gasteiger partial charge in [0.2, 0.25) is 0 Å². The quantitative estimate of drug-likeness (QED) is 0.816. The van der Waals surface area contributed by atoms with Crippen molar-refractivity contribution in [1.29, 1.82) is 0 Å². The molecule has 0 radical (unpaired) electrons. The number of nitrogens with zero attached hydrogens (tertiary/aromatic N) is 1. The number of hydrogen-bond donors (Lipinski definition) is 2. The molecule has 0 aliphatic heterocycles. The first-order chi connectivity index (χ1) is 7.70. The summed E-state index contributed by atoms with van der Waals surface area (Å²) < 4.78 is 0. The molecule has 1 fully saturated rings. The van der Waals surface area contributed by atoms with Crippen LogP contribution in [-0.2, 0) is 0 Å². The van der Waals surface area contributed by atoms with Gasteiger partial charge in [0.25, 0.3) is 0 Å². The van der Waals surface area contributed by atoms with Crippen LogP contribution in [0.3, 0.4) is 0 Å². The Morgan fingerprint density at radius 2 is 2.00 bits per heavy atom. The lowest BCUT2D eigenvalue weighted by molar-refractivity contribution is 0.0453. The number of rotatable bonds is 4. The van der Waals surface area contributed by atoms with Crippen molar-refractivity contribution in [3.05, 3.63) is 30.1 Å². The molecule has 3 heteroatoms. The Kier molecular flexibility index (Phi) is 3.56. The van der Waals surface area contributed by atoms with Crippen LogP contribution >= 0.6 is 0 Å². The third kappa shape index (κ3) is 2.80. The number of aromatic nitrogens is 1. The third-order valence-corrected chi connectivity index (χ3v) is 3.48. The second-order valence-corrected chi connectivity index (χ2v) is 4.81. The van der Waals surface area contributed by atoms with Crippen LogP contribution < -0.4 is 5.32 Å². The molecule has 2 N–H and O–H groups in total. The van der Waals surface area contributed by atoms with Gasteiger partial charge < -0.3 is 10.4 Å². The highest BCUT2D eigenvalue weighted by Crippen LogP contribution is 2.29. The monoisotopic (exact) mass is 220 g/mol. The van der Waals surface area contributed by atoms with E-state index in [2.05, 4.69) is 17.2 Å². The van der Waals surface area contributed by atoms with E-state index in [1.165, 1.54) is 5.56 Å². The fraction of sp³-hybridized carbons (Fsp3) is 0.615. The van der Waals surface area contributed by atoms with E-state index >= 15 is 0 Å². The summed E-state index contributed by atoms with van der Waals surface area (Å²) in [7, 11) is 0. The van der Waals surface area contributed by atoms with Crippen LogP contribution in [0.1, 0.15) is 44.2 Å². The maximum absolute atomic E-state index is 10.2. The lowest BCUT2D eigenvalue weighted by Crippen LogP contribution is -2.39. The van der Waals surface area contributed by atoms with Crippen molar-refractivity contribution in [3.8, 4) is 0 Å².